The van der Waals surface area contributed by atoms with Gasteiger partial charge in [0.25, 0.3) is 0 Å². The van der Waals surface area contributed by atoms with Crippen molar-refractivity contribution in [1.82, 2.24) is 0 Å². The highest BCUT2D eigenvalue weighted by atomic mass is 16.5. The summed E-state index contributed by atoms with van der Waals surface area (Å²) in [7, 11) is 1.72. The third-order valence-electron chi connectivity index (χ3n) is 4.72. The Balaban J connectivity index is 2.30. The highest BCUT2D eigenvalue weighted by molar-refractivity contribution is 5.42. The number of hydrogen-bond acceptors (Lipinski definition) is 2. The van der Waals surface area contributed by atoms with Crippen LogP contribution in [0.2, 0.25) is 0 Å². The molecule has 100 valence electrons. The molecule has 0 bridgehead atoms. The summed E-state index contributed by atoms with van der Waals surface area (Å²) >= 11 is 0. The molecule has 1 saturated carbocycles. The molecule has 0 aliphatic heterocycles. The molecule has 0 spiro atoms. The summed E-state index contributed by atoms with van der Waals surface area (Å²) in [4.78, 5) is 0. The fourth-order valence-electron chi connectivity index (χ4n) is 3.41. The van der Waals surface area contributed by atoms with E-state index in [4.69, 9.17) is 4.74 Å². The van der Waals surface area contributed by atoms with Crippen LogP contribution in [0.4, 0.5) is 0 Å². The molecule has 0 saturated heterocycles. The van der Waals surface area contributed by atoms with Crippen molar-refractivity contribution >= 4 is 0 Å². The van der Waals surface area contributed by atoms with Gasteiger partial charge in [0.2, 0.25) is 0 Å². The van der Waals surface area contributed by atoms with Crippen LogP contribution in [0.15, 0.2) is 30.3 Å². The Labute approximate surface area is 110 Å². The molecule has 3 atom stereocenters. The standard InChI is InChI=1S/C16H24O2/c1-4-5-11-15(2)14(17)16(15,12-18-3)13-9-7-6-8-10-13/h6-10,14,17H,4-5,11-12H2,1-3H3/t14-,15-,16+/m1/s1. The van der Waals surface area contributed by atoms with Crippen LogP contribution in [0.5, 0.6) is 0 Å². The predicted octanol–water partition coefficient (Wildman–Crippen LogP) is 3.14. The number of hydrogen-bond donors (Lipinski definition) is 1. The first-order valence-electron chi connectivity index (χ1n) is 6.86. The number of aliphatic hydroxyl groups is 1. The van der Waals surface area contributed by atoms with Gasteiger partial charge in [-0.25, -0.2) is 0 Å². The molecule has 1 aliphatic rings. The average molecular weight is 248 g/mol. The van der Waals surface area contributed by atoms with E-state index in [-0.39, 0.29) is 16.9 Å². The SMILES string of the molecule is CCCC[C@]1(C)[C@@H](O)[C@]1(COC)c1ccccc1. The minimum Gasteiger partial charge on any atom is -0.391 e. The smallest absolute Gasteiger partial charge is 0.0729 e. The van der Waals surface area contributed by atoms with Crippen molar-refractivity contribution in [3.05, 3.63) is 35.9 Å². The molecular formula is C16H24O2. The van der Waals surface area contributed by atoms with Crippen molar-refractivity contribution in [1.29, 1.82) is 0 Å². The molecule has 0 radical (unpaired) electrons. The van der Waals surface area contributed by atoms with Crippen molar-refractivity contribution in [3.63, 3.8) is 0 Å². The second-order valence-corrected chi connectivity index (χ2v) is 5.69. The molecule has 2 heteroatoms. The fraction of sp³-hybridized carbons (Fsp3) is 0.625. The highest BCUT2D eigenvalue weighted by Gasteiger charge is 2.73. The topological polar surface area (TPSA) is 29.5 Å². The first-order valence-corrected chi connectivity index (χ1v) is 6.86. The molecule has 2 nitrogen and oxygen atoms in total. The van der Waals surface area contributed by atoms with Crippen molar-refractivity contribution in [3.8, 4) is 0 Å². The molecule has 1 fully saturated rings. The van der Waals surface area contributed by atoms with E-state index in [1.807, 2.05) is 18.2 Å². The molecule has 1 aromatic carbocycles. The van der Waals surface area contributed by atoms with Crippen LogP contribution in [0.25, 0.3) is 0 Å². The quantitative estimate of drug-likeness (QED) is 0.838. The van der Waals surface area contributed by atoms with Crippen molar-refractivity contribution in [2.45, 2.75) is 44.6 Å². The number of unbranched alkanes of at least 4 members (excludes halogenated alkanes) is 1. The van der Waals surface area contributed by atoms with E-state index in [1.165, 1.54) is 12.0 Å². The normalized spacial score (nSPS) is 34.6. The summed E-state index contributed by atoms with van der Waals surface area (Å²) in [6, 6.07) is 10.3. The average Bonchev–Trinajstić information content (AvgIpc) is 2.87. The zero-order chi connectivity index (χ0) is 13.2. The Morgan fingerprint density at radius 2 is 1.94 bits per heavy atom. The molecule has 2 rings (SSSR count). The van der Waals surface area contributed by atoms with Crippen LogP contribution in [0.3, 0.4) is 0 Å². The Morgan fingerprint density at radius 3 is 2.50 bits per heavy atom. The van der Waals surface area contributed by atoms with Crippen LogP contribution < -0.4 is 0 Å². The Morgan fingerprint density at radius 1 is 1.28 bits per heavy atom. The second kappa shape index (κ2) is 5.02. The van der Waals surface area contributed by atoms with Gasteiger partial charge in [-0.3, -0.25) is 0 Å². The second-order valence-electron chi connectivity index (χ2n) is 5.69. The zero-order valence-corrected chi connectivity index (χ0v) is 11.6. The summed E-state index contributed by atoms with van der Waals surface area (Å²) in [6.07, 6.45) is 3.09. The third-order valence-corrected chi connectivity index (χ3v) is 4.72. The summed E-state index contributed by atoms with van der Waals surface area (Å²) in [5, 5.41) is 10.5. The van der Waals surface area contributed by atoms with E-state index in [9.17, 15) is 5.11 Å². The Bertz CT molecular complexity index is 389. The van der Waals surface area contributed by atoms with Crippen molar-refractivity contribution in [2.24, 2.45) is 5.41 Å². The molecule has 1 aliphatic carbocycles. The van der Waals surface area contributed by atoms with Gasteiger partial charge in [0.1, 0.15) is 0 Å². The van der Waals surface area contributed by atoms with Crippen LogP contribution in [0, 0.1) is 5.41 Å². The predicted molar refractivity (Wildman–Crippen MR) is 73.6 cm³/mol. The van der Waals surface area contributed by atoms with Gasteiger partial charge in [-0.2, -0.15) is 0 Å². The van der Waals surface area contributed by atoms with E-state index in [1.54, 1.807) is 7.11 Å². The summed E-state index contributed by atoms with van der Waals surface area (Å²) < 4.78 is 5.41. The number of ether oxygens (including phenoxy) is 1. The van der Waals surface area contributed by atoms with Crippen LogP contribution in [-0.2, 0) is 10.2 Å². The van der Waals surface area contributed by atoms with Gasteiger partial charge in [0.05, 0.1) is 18.1 Å². The lowest BCUT2D eigenvalue weighted by Gasteiger charge is -2.21. The van der Waals surface area contributed by atoms with Gasteiger partial charge < -0.3 is 9.84 Å². The number of rotatable bonds is 6. The molecule has 1 N–H and O–H groups in total. The Kier molecular flexibility index (Phi) is 3.79. The molecule has 1 aromatic rings. The fourth-order valence-corrected chi connectivity index (χ4v) is 3.41. The molecule has 0 aromatic heterocycles. The van der Waals surface area contributed by atoms with Gasteiger partial charge in [0.15, 0.2) is 0 Å². The first kappa shape index (κ1) is 13.6. The van der Waals surface area contributed by atoms with Gasteiger partial charge in [-0.15, -0.1) is 0 Å². The van der Waals surface area contributed by atoms with Gasteiger partial charge in [-0.05, 0) is 12.0 Å². The maximum atomic E-state index is 10.5. The van der Waals surface area contributed by atoms with Gasteiger partial charge in [0, 0.05) is 12.5 Å². The number of aliphatic hydroxyl groups excluding tert-OH is 1. The molecule has 0 unspecified atom stereocenters. The van der Waals surface area contributed by atoms with E-state index in [0.29, 0.717) is 6.61 Å². The minimum absolute atomic E-state index is 0.0413. The minimum atomic E-state index is -0.293. The summed E-state index contributed by atoms with van der Waals surface area (Å²) in [6.45, 7) is 4.98. The maximum absolute atomic E-state index is 10.5. The number of methoxy groups -OCH3 is 1. The highest BCUT2D eigenvalue weighted by Crippen LogP contribution is 2.66. The van der Waals surface area contributed by atoms with Gasteiger partial charge >= 0.3 is 0 Å². The zero-order valence-electron chi connectivity index (χ0n) is 11.6. The van der Waals surface area contributed by atoms with Crippen LogP contribution in [-0.4, -0.2) is 24.9 Å². The van der Waals surface area contributed by atoms with E-state index >= 15 is 0 Å². The summed E-state index contributed by atoms with van der Waals surface area (Å²) in [5.74, 6) is 0. The third kappa shape index (κ3) is 1.79. The lowest BCUT2D eigenvalue weighted by atomic mass is 9.84. The van der Waals surface area contributed by atoms with Crippen molar-refractivity contribution in [2.75, 3.05) is 13.7 Å². The summed E-state index contributed by atoms with van der Waals surface area (Å²) in [5.41, 5.74) is 0.955. The van der Waals surface area contributed by atoms with E-state index < -0.39 is 0 Å². The lowest BCUT2D eigenvalue weighted by molar-refractivity contribution is 0.138. The molecule has 0 heterocycles. The van der Waals surface area contributed by atoms with Crippen LogP contribution >= 0.6 is 0 Å². The molecular weight excluding hydrogens is 224 g/mol. The largest absolute Gasteiger partial charge is 0.391 e. The maximum Gasteiger partial charge on any atom is 0.0729 e. The Hall–Kier alpha value is -0.860. The van der Waals surface area contributed by atoms with E-state index in [2.05, 4.69) is 26.0 Å². The van der Waals surface area contributed by atoms with Gasteiger partial charge in [-0.1, -0.05) is 57.0 Å². The lowest BCUT2D eigenvalue weighted by Crippen LogP contribution is -2.23. The monoisotopic (exact) mass is 248 g/mol. The van der Waals surface area contributed by atoms with Crippen LogP contribution in [0.1, 0.15) is 38.7 Å². The number of benzene rings is 1. The van der Waals surface area contributed by atoms with E-state index in [0.717, 1.165) is 12.8 Å². The van der Waals surface area contributed by atoms with Crippen molar-refractivity contribution < 1.29 is 9.84 Å². The molecule has 0 amide bonds. The first-order chi connectivity index (χ1) is 8.63. The molecule has 18 heavy (non-hydrogen) atoms.